The van der Waals surface area contributed by atoms with E-state index in [2.05, 4.69) is 31.4 Å². The first-order valence-corrected chi connectivity index (χ1v) is 5.91. The Hall–Kier alpha value is -1.43. The van der Waals surface area contributed by atoms with E-state index in [0.717, 1.165) is 11.6 Å². The Morgan fingerprint density at radius 1 is 1.41 bits per heavy atom. The van der Waals surface area contributed by atoms with Crippen LogP contribution in [0.1, 0.15) is 11.6 Å². The number of anilines is 1. The van der Waals surface area contributed by atoms with Crippen molar-refractivity contribution in [2.24, 2.45) is 7.05 Å². The Kier molecular flexibility index (Phi) is 3.42. The molecule has 0 unspecified atom stereocenters. The molecule has 2 rings (SSSR count). The van der Waals surface area contributed by atoms with Gasteiger partial charge in [-0.05, 0) is 35.0 Å². The van der Waals surface area contributed by atoms with E-state index in [9.17, 15) is 4.39 Å². The van der Waals surface area contributed by atoms with Gasteiger partial charge in [-0.3, -0.25) is 0 Å². The first-order chi connectivity index (χ1) is 8.09. The van der Waals surface area contributed by atoms with Crippen LogP contribution >= 0.6 is 15.9 Å². The lowest BCUT2D eigenvalue weighted by atomic mass is 10.3. The van der Waals surface area contributed by atoms with Crippen molar-refractivity contribution in [2.75, 3.05) is 5.32 Å². The van der Waals surface area contributed by atoms with Crippen molar-refractivity contribution in [1.82, 2.24) is 14.8 Å². The van der Waals surface area contributed by atoms with Gasteiger partial charge in [-0.15, -0.1) is 10.2 Å². The van der Waals surface area contributed by atoms with Gasteiger partial charge in [-0.1, -0.05) is 6.07 Å². The summed E-state index contributed by atoms with van der Waals surface area (Å²) in [7, 11) is 1.88. The molecule has 1 heterocycles. The van der Waals surface area contributed by atoms with Crippen LogP contribution in [0.25, 0.3) is 0 Å². The second kappa shape index (κ2) is 4.83. The van der Waals surface area contributed by atoms with E-state index in [1.165, 1.54) is 6.07 Å². The van der Waals surface area contributed by atoms with Gasteiger partial charge < -0.3 is 9.88 Å². The van der Waals surface area contributed by atoms with Crippen LogP contribution in [0, 0.1) is 12.7 Å². The summed E-state index contributed by atoms with van der Waals surface area (Å²) in [5.41, 5.74) is 0.438. The number of aryl methyl sites for hydroxylation is 1. The van der Waals surface area contributed by atoms with Gasteiger partial charge in [0.1, 0.15) is 11.6 Å². The third kappa shape index (κ3) is 2.46. The van der Waals surface area contributed by atoms with Crippen molar-refractivity contribution in [1.29, 1.82) is 0 Å². The van der Waals surface area contributed by atoms with Gasteiger partial charge in [0.15, 0.2) is 5.82 Å². The fourth-order valence-electron chi connectivity index (χ4n) is 1.44. The molecule has 90 valence electrons. The van der Waals surface area contributed by atoms with Gasteiger partial charge in [0.25, 0.3) is 0 Å². The van der Waals surface area contributed by atoms with Crippen molar-refractivity contribution < 1.29 is 4.39 Å². The molecule has 0 radical (unpaired) electrons. The minimum atomic E-state index is -0.293. The second-order valence-corrected chi connectivity index (χ2v) is 4.53. The van der Waals surface area contributed by atoms with Crippen molar-refractivity contribution in [3.8, 4) is 0 Å². The molecular weight excluding hydrogens is 287 g/mol. The molecule has 4 nitrogen and oxygen atoms in total. The van der Waals surface area contributed by atoms with Crippen LogP contribution in [0.5, 0.6) is 0 Å². The van der Waals surface area contributed by atoms with Crippen molar-refractivity contribution in [3.63, 3.8) is 0 Å². The van der Waals surface area contributed by atoms with Gasteiger partial charge in [-0.2, -0.15) is 0 Å². The zero-order valence-electron chi connectivity index (χ0n) is 9.54. The van der Waals surface area contributed by atoms with Crippen LogP contribution in [0.15, 0.2) is 22.7 Å². The third-order valence-corrected chi connectivity index (χ3v) is 3.23. The van der Waals surface area contributed by atoms with E-state index < -0.39 is 0 Å². The summed E-state index contributed by atoms with van der Waals surface area (Å²) < 4.78 is 16.1. The number of para-hydroxylation sites is 1. The number of rotatable bonds is 3. The highest BCUT2D eigenvalue weighted by Crippen LogP contribution is 2.25. The standard InChI is InChI=1S/C11H12BrFN4/c1-7-15-16-10(17(7)2)6-14-11-8(12)4-3-5-9(11)13/h3-5,14H,6H2,1-2H3. The van der Waals surface area contributed by atoms with Crippen LogP contribution in [0.3, 0.4) is 0 Å². The van der Waals surface area contributed by atoms with Gasteiger partial charge in [0, 0.05) is 11.5 Å². The average molecular weight is 299 g/mol. The van der Waals surface area contributed by atoms with Crippen LogP contribution < -0.4 is 5.32 Å². The van der Waals surface area contributed by atoms with E-state index in [1.54, 1.807) is 12.1 Å². The summed E-state index contributed by atoms with van der Waals surface area (Å²) in [5.74, 6) is 1.30. The topological polar surface area (TPSA) is 42.7 Å². The number of hydrogen-bond acceptors (Lipinski definition) is 3. The van der Waals surface area contributed by atoms with Crippen LogP contribution in [-0.4, -0.2) is 14.8 Å². The van der Waals surface area contributed by atoms with E-state index >= 15 is 0 Å². The summed E-state index contributed by atoms with van der Waals surface area (Å²) in [6, 6.07) is 4.85. The summed E-state index contributed by atoms with van der Waals surface area (Å²) in [4.78, 5) is 0. The molecule has 0 bridgehead atoms. The van der Waals surface area contributed by atoms with Crippen molar-refractivity contribution in [3.05, 3.63) is 40.1 Å². The van der Waals surface area contributed by atoms with Gasteiger partial charge in [0.2, 0.25) is 0 Å². The molecule has 0 saturated carbocycles. The predicted octanol–water partition coefficient (Wildman–Crippen LogP) is 2.64. The van der Waals surface area contributed by atoms with Crippen molar-refractivity contribution >= 4 is 21.6 Å². The molecule has 0 saturated heterocycles. The highest BCUT2D eigenvalue weighted by molar-refractivity contribution is 9.10. The van der Waals surface area contributed by atoms with Crippen LogP contribution in [0.2, 0.25) is 0 Å². The molecule has 0 fully saturated rings. The summed E-state index contributed by atoms with van der Waals surface area (Å²) in [6.07, 6.45) is 0. The highest BCUT2D eigenvalue weighted by atomic mass is 79.9. The lowest BCUT2D eigenvalue weighted by molar-refractivity contribution is 0.628. The second-order valence-electron chi connectivity index (χ2n) is 3.67. The molecular formula is C11H12BrFN4. The number of nitrogens with zero attached hydrogens (tertiary/aromatic N) is 3. The Balaban J connectivity index is 2.15. The van der Waals surface area contributed by atoms with E-state index in [1.807, 2.05) is 18.5 Å². The first-order valence-electron chi connectivity index (χ1n) is 5.12. The lowest BCUT2D eigenvalue weighted by Gasteiger charge is -2.09. The van der Waals surface area contributed by atoms with E-state index in [4.69, 9.17) is 0 Å². The normalized spacial score (nSPS) is 10.6. The fraction of sp³-hybridized carbons (Fsp3) is 0.273. The fourth-order valence-corrected chi connectivity index (χ4v) is 1.92. The van der Waals surface area contributed by atoms with Gasteiger partial charge in [0.05, 0.1) is 12.2 Å². The molecule has 0 aliphatic heterocycles. The summed E-state index contributed by atoms with van der Waals surface area (Å²) >= 11 is 3.30. The molecule has 0 amide bonds. The lowest BCUT2D eigenvalue weighted by Crippen LogP contribution is -2.08. The van der Waals surface area contributed by atoms with Crippen LogP contribution in [0.4, 0.5) is 10.1 Å². The van der Waals surface area contributed by atoms with Gasteiger partial charge in [-0.25, -0.2) is 4.39 Å². The number of nitrogens with one attached hydrogen (secondary N) is 1. The SMILES string of the molecule is Cc1nnc(CNc2c(F)cccc2Br)n1C. The van der Waals surface area contributed by atoms with E-state index in [0.29, 0.717) is 16.7 Å². The Morgan fingerprint density at radius 2 is 2.18 bits per heavy atom. The molecule has 6 heteroatoms. The summed E-state index contributed by atoms with van der Waals surface area (Å²) in [5, 5.41) is 10.9. The minimum absolute atomic E-state index is 0.293. The zero-order valence-corrected chi connectivity index (χ0v) is 11.1. The van der Waals surface area contributed by atoms with Crippen LogP contribution in [-0.2, 0) is 13.6 Å². The Morgan fingerprint density at radius 3 is 2.76 bits per heavy atom. The maximum Gasteiger partial charge on any atom is 0.152 e. The average Bonchev–Trinajstić information content (AvgIpc) is 2.60. The van der Waals surface area contributed by atoms with Gasteiger partial charge >= 0.3 is 0 Å². The first kappa shape index (κ1) is 12.0. The highest BCUT2D eigenvalue weighted by Gasteiger charge is 2.08. The molecule has 0 aliphatic rings. The minimum Gasteiger partial charge on any atom is -0.374 e. The molecule has 1 aromatic heterocycles. The molecule has 1 N–H and O–H groups in total. The molecule has 1 aromatic carbocycles. The Bertz CT molecular complexity index is 518. The molecule has 17 heavy (non-hydrogen) atoms. The largest absolute Gasteiger partial charge is 0.374 e. The zero-order chi connectivity index (χ0) is 12.4. The number of aromatic nitrogens is 3. The van der Waals surface area contributed by atoms with Crippen molar-refractivity contribution in [2.45, 2.75) is 13.5 Å². The summed E-state index contributed by atoms with van der Waals surface area (Å²) in [6.45, 7) is 2.30. The Labute approximate surface area is 107 Å². The monoisotopic (exact) mass is 298 g/mol. The maximum absolute atomic E-state index is 13.5. The van der Waals surface area contributed by atoms with E-state index in [-0.39, 0.29) is 5.82 Å². The molecule has 0 aliphatic carbocycles. The molecule has 0 spiro atoms. The maximum atomic E-state index is 13.5. The quantitative estimate of drug-likeness (QED) is 0.947. The number of halogens is 2. The molecule has 0 atom stereocenters. The number of hydrogen-bond donors (Lipinski definition) is 1. The molecule has 2 aromatic rings. The smallest absolute Gasteiger partial charge is 0.152 e. The third-order valence-electron chi connectivity index (χ3n) is 2.57. The predicted molar refractivity (Wildman–Crippen MR) is 67.2 cm³/mol. The number of benzene rings is 1.